The van der Waals surface area contributed by atoms with Crippen LogP contribution < -0.4 is 15.4 Å². The van der Waals surface area contributed by atoms with Crippen molar-refractivity contribution < 1.29 is 14.3 Å². The number of ether oxygens (including phenoxy) is 1. The van der Waals surface area contributed by atoms with E-state index in [1.54, 1.807) is 18.2 Å². The first kappa shape index (κ1) is 15.6. The largest absolute Gasteiger partial charge is 0.482 e. The lowest BCUT2D eigenvalue weighted by molar-refractivity contribution is -0.118. The fraction of sp³-hybridized carbons (Fsp3) is 0.429. The molecule has 0 unspecified atom stereocenters. The second-order valence-corrected chi connectivity index (χ2v) is 5.10. The van der Waals surface area contributed by atoms with E-state index in [2.05, 4.69) is 10.6 Å². The third-order valence-corrected chi connectivity index (χ3v) is 3.62. The summed E-state index contributed by atoms with van der Waals surface area (Å²) in [6, 6.07) is 5.32. The van der Waals surface area contributed by atoms with Crippen LogP contribution in [0.25, 0.3) is 0 Å². The molecule has 0 aliphatic carbocycles. The van der Waals surface area contributed by atoms with Gasteiger partial charge in [-0.15, -0.1) is 12.4 Å². The number of rotatable bonds is 1. The van der Waals surface area contributed by atoms with Gasteiger partial charge in [0.25, 0.3) is 11.8 Å². The van der Waals surface area contributed by atoms with E-state index in [-0.39, 0.29) is 36.9 Å². The highest BCUT2D eigenvalue weighted by Crippen LogP contribution is 2.29. The summed E-state index contributed by atoms with van der Waals surface area (Å²) in [6.45, 7) is 4.35. The van der Waals surface area contributed by atoms with Gasteiger partial charge in [-0.2, -0.15) is 0 Å². The van der Waals surface area contributed by atoms with Crippen molar-refractivity contribution in [2.75, 3.05) is 31.6 Å². The van der Waals surface area contributed by atoms with E-state index in [0.717, 1.165) is 13.1 Å². The van der Waals surface area contributed by atoms with Gasteiger partial charge in [-0.1, -0.05) is 0 Å². The normalized spacial score (nSPS) is 20.7. The van der Waals surface area contributed by atoms with Crippen molar-refractivity contribution in [2.24, 2.45) is 0 Å². The summed E-state index contributed by atoms with van der Waals surface area (Å²) < 4.78 is 5.35. The lowest BCUT2D eigenvalue weighted by Crippen LogP contribution is -2.52. The smallest absolute Gasteiger partial charge is 0.262 e. The molecular formula is C14H18ClN3O3. The first-order valence-electron chi connectivity index (χ1n) is 6.73. The second-order valence-electron chi connectivity index (χ2n) is 5.10. The number of anilines is 1. The number of hydrogen-bond donors (Lipinski definition) is 2. The van der Waals surface area contributed by atoms with Gasteiger partial charge in [0.2, 0.25) is 0 Å². The minimum atomic E-state index is -0.174. The van der Waals surface area contributed by atoms with E-state index < -0.39 is 0 Å². The zero-order valence-corrected chi connectivity index (χ0v) is 12.5. The molecule has 2 aliphatic heterocycles. The summed E-state index contributed by atoms with van der Waals surface area (Å²) in [4.78, 5) is 25.6. The number of benzene rings is 1. The number of nitrogens with zero attached hydrogens (tertiary/aromatic N) is 1. The SMILES string of the molecule is C[C@@H]1CNCCN1C(=O)c1ccc2c(c1)OCC(=O)N2.Cl. The molecule has 2 N–H and O–H groups in total. The van der Waals surface area contributed by atoms with Crippen LogP contribution in [0.4, 0.5) is 5.69 Å². The summed E-state index contributed by atoms with van der Waals surface area (Å²) in [6.07, 6.45) is 0. The lowest BCUT2D eigenvalue weighted by atomic mass is 10.1. The molecule has 0 saturated carbocycles. The number of piperazine rings is 1. The molecule has 6 nitrogen and oxygen atoms in total. The molecule has 0 radical (unpaired) electrons. The van der Waals surface area contributed by atoms with Crippen LogP contribution in [0, 0.1) is 0 Å². The van der Waals surface area contributed by atoms with Crippen LogP contribution in [0.1, 0.15) is 17.3 Å². The molecular weight excluding hydrogens is 294 g/mol. The Morgan fingerprint density at radius 2 is 2.24 bits per heavy atom. The van der Waals surface area contributed by atoms with Gasteiger partial charge in [0.1, 0.15) is 5.75 Å². The Kier molecular flexibility index (Phi) is 4.69. The first-order valence-corrected chi connectivity index (χ1v) is 6.73. The van der Waals surface area contributed by atoms with Crippen molar-refractivity contribution in [3.05, 3.63) is 23.8 Å². The quantitative estimate of drug-likeness (QED) is 0.807. The van der Waals surface area contributed by atoms with Gasteiger partial charge in [0, 0.05) is 31.2 Å². The number of amides is 2. The van der Waals surface area contributed by atoms with Gasteiger partial charge in [-0.25, -0.2) is 0 Å². The minimum absolute atomic E-state index is 0. The van der Waals surface area contributed by atoms with E-state index in [1.807, 2.05) is 11.8 Å². The molecule has 1 aromatic rings. The summed E-state index contributed by atoms with van der Waals surface area (Å²) in [5, 5.41) is 5.98. The highest BCUT2D eigenvalue weighted by Gasteiger charge is 2.25. The number of carbonyl (C=O) groups is 2. The number of fused-ring (bicyclic) bond motifs is 1. The molecule has 2 aliphatic rings. The van der Waals surface area contributed by atoms with Gasteiger partial charge in [-0.05, 0) is 25.1 Å². The van der Waals surface area contributed by atoms with Gasteiger partial charge in [-0.3, -0.25) is 9.59 Å². The van der Waals surface area contributed by atoms with E-state index in [9.17, 15) is 9.59 Å². The minimum Gasteiger partial charge on any atom is -0.482 e. The predicted octanol–water partition coefficient (Wildman–Crippen LogP) is 0.873. The van der Waals surface area contributed by atoms with Crippen LogP contribution in [0.2, 0.25) is 0 Å². The van der Waals surface area contributed by atoms with Crippen LogP contribution in [0.5, 0.6) is 5.75 Å². The molecule has 114 valence electrons. The summed E-state index contributed by atoms with van der Waals surface area (Å²) >= 11 is 0. The van der Waals surface area contributed by atoms with Crippen LogP contribution >= 0.6 is 12.4 Å². The highest BCUT2D eigenvalue weighted by molar-refractivity contribution is 5.99. The van der Waals surface area contributed by atoms with E-state index in [4.69, 9.17) is 4.74 Å². The molecule has 1 saturated heterocycles. The maximum absolute atomic E-state index is 12.5. The molecule has 7 heteroatoms. The molecule has 21 heavy (non-hydrogen) atoms. The molecule has 0 aromatic heterocycles. The van der Waals surface area contributed by atoms with Crippen molar-refractivity contribution in [3.8, 4) is 5.75 Å². The van der Waals surface area contributed by atoms with E-state index in [0.29, 0.717) is 23.5 Å². The third-order valence-electron chi connectivity index (χ3n) is 3.62. The van der Waals surface area contributed by atoms with Gasteiger partial charge < -0.3 is 20.3 Å². The van der Waals surface area contributed by atoms with Crippen molar-refractivity contribution in [1.29, 1.82) is 0 Å². The second kappa shape index (κ2) is 6.32. The maximum atomic E-state index is 12.5. The number of nitrogens with one attached hydrogen (secondary N) is 2. The molecule has 0 bridgehead atoms. The van der Waals surface area contributed by atoms with E-state index >= 15 is 0 Å². The maximum Gasteiger partial charge on any atom is 0.262 e. The van der Waals surface area contributed by atoms with Crippen molar-refractivity contribution in [3.63, 3.8) is 0 Å². The molecule has 3 rings (SSSR count). The molecule has 2 amide bonds. The molecule has 1 aromatic carbocycles. The van der Waals surface area contributed by atoms with Gasteiger partial charge in [0.15, 0.2) is 6.61 Å². The van der Waals surface area contributed by atoms with Gasteiger partial charge >= 0.3 is 0 Å². The van der Waals surface area contributed by atoms with Crippen molar-refractivity contribution in [1.82, 2.24) is 10.2 Å². The van der Waals surface area contributed by atoms with Crippen molar-refractivity contribution >= 4 is 29.9 Å². The van der Waals surface area contributed by atoms with Crippen LogP contribution in [0.15, 0.2) is 18.2 Å². The Morgan fingerprint density at radius 1 is 1.43 bits per heavy atom. The fourth-order valence-corrected chi connectivity index (χ4v) is 2.52. The lowest BCUT2D eigenvalue weighted by Gasteiger charge is -2.34. The number of hydrogen-bond acceptors (Lipinski definition) is 4. The summed E-state index contributed by atoms with van der Waals surface area (Å²) in [5.74, 6) is 0.382. The highest BCUT2D eigenvalue weighted by atomic mass is 35.5. The Hall–Kier alpha value is -1.79. The molecule has 0 spiro atoms. The zero-order valence-electron chi connectivity index (χ0n) is 11.7. The van der Waals surface area contributed by atoms with E-state index in [1.165, 1.54) is 0 Å². The average molecular weight is 312 g/mol. The number of carbonyl (C=O) groups excluding carboxylic acids is 2. The Bertz CT molecular complexity index is 564. The summed E-state index contributed by atoms with van der Waals surface area (Å²) in [5.41, 5.74) is 1.21. The Balaban J connectivity index is 0.00000161. The van der Waals surface area contributed by atoms with Crippen molar-refractivity contribution in [2.45, 2.75) is 13.0 Å². The fourth-order valence-electron chi connectivity index (χ4n) is 2.52. The average Bonchev–Trinajstić information content (AvgIpc) is 2.46. The van der Waals surface area contributed by atoms with Gasteiger partial charge in [0.05, 0.1) is 5.69 Å². The van der Waals surface area contributed by atoms with Crippen LogP contribution in [-0.2, 0) is 4.79 Å². The van der Waals surface area contributed by atoms with Crippen LogP contribution in [-0.4, -0.2) is 49.0 Å². The first-order chi connectivity index (χ1) is 9.65. The molecule has 1 atom stereocenters. The summed E-state index contributed by atoms with van der Waals surface area (Å²) in [7, 11) is 0. The topological polar surface area (TPSA) is 70.7 Å². The molecule has 1 fully saturated rings. The predicted molar refractivity (Wildman–Crippen MR) is 81.2 cm³/mol. The number of halogens is 1. The Morgan fingerprint density at radius 3 is 3.00 bits per heavy atom. The monoisotopic (exact) mass is 311 g/mol. The Labute approximate surface area is 129 Å². The standard InChI is InChI=1S/C14H17N3O3.ClH/c1-9-7-15-4-5-17(9)14(19)10-2-3-11-12(6-10)20-8-13(18)16-11;/h2-3,6,9,15H,4-5,7-8H2,1H3,(H,16,18);1H/t9-;/m1./s1. The molecule has 2 heterocycles. The zero-order chi connectivity index (χ0) is 14.1. The third kappa shape index (κ3) is 3.11. The van der Waals surface area contributed by atoms with Crippen LogP contribution in [0.3, 0.4) is 0 Å².